The summed E-state index contributed by atoms with van der Waals surface area (Å²) in [6.45, 7) is 8.00. The second-order valence-corrected chi connectivity index (χ2v) is 19.2. The van der Waals surface area contributed by atoms with Gasteiger partial charge in [-0.1, -0.05) is 182 Å². The van der Waals surface area contributed by atoms with Crippen molar-refractivity contribution in [3.8, 4) is 0 Å². The SMILES string of the molecule is C1CCOC1.C1CCOC1.C1CCOC1.C1CCOC1.[Ca+2].c1ccc([Si-](c2ccccc2)c2ccccc2)cc1.c1ccc([Si-](c2ccccc2)c2ccccc2)cc1. The number of hydrogen-bond acceptors (Lipinski definition) is 4. The molecule has 0 bridgehead atoms. The number of benzene rings is 6. The van der Waals surface area contributed by atoms with Gasteiger partial charge < -0.3 is 18.9 Å². The van der Waals surface area contributed by atoms with E-state index in [9.17, 15) is 0 Å². The van der Waals surface area contributed by atoms with Crippen molar-refractivity contribution in [2.24, 2.45) is 0 Å². The first kappa shape index (κ1) is 48.5. The molecule has 0 aromatic heterocycles. The molecular weight excluding hydrogens is 785 g/mol. The minimum Gasteiger partial charge on any atom is -0.381 e. The van der Waals surface area contributed by atoms with Crippen molar-refractivity contribution < 1.29 is 18.9 Å². The fourth-order valence-corrected chi connectivity index (χ4v) is 11.8. The van der Waals surface area contributed by atoms with E-state index >= 15 is 0 Å². The minimum absolute atomic E-state index is 0. The van der Waals surface area contributed by atoms with Crippen molar-refractivity contribution in [2.75, 3.05) is 52.9 Å². The molecule has 0 atom stereocenters. The summed E-state index contributed by atoms with van der Waals surface area (Å²) in [6, 6.07) is 65.0. The maximum Gasteiger partial charge on any atom is 2.00 e. The molecule has 4 nitrogen and oxygen atoms in total. The Morgan fingerprint density at radius 3 is 0.458 bits per heavy atom. The molecule has 0 aliphatic carbocycles. The summed E-state index contributed by atoms with van der Waals surface area (Å²) >= 11 is 0. The van der Waals surface area contributed by atoms with Crippen LogP contribution in [0.3, 0.4) is 0 Å². The van der Waals surface area contributed by atoms with Gasteiger partial charge in [-0.05, 0) is 51.4 Å². The quantitative estimate of drug-likeness (QED) is 0.131. The third-order valence-corrected chi connectivity index (χ3v) is 15.1. The Bertz CT molecular complexity index is 1450. The predicted octanol–water partition coefficient (Wildman–Crippen LogP) is 7.21. The first-order valence-electron chi connectivity index (χ1n) is 21.3. The van der Waals surface area contributed by atoms with Gasteiger partial charge in [0.1, 0.15) is 0 Å². The summed E-state index contributed by atoms with van der Waals surface area (Å²) in [7, 11) is -1.75. The van der Waals surface area contributed by atoms with Gasteiger partial charge in [0.25, 0.3) is 0 Å². The number of hydrogen-bond donors (Lipinski definition) is 0. The van der Waals surface area contributed by atoms with E-state index in [0.29, 0.717) is 0 Å². The average molecular weight is 847 g/mol. The molecule has 0 unspecified atom stereocenters. The molecule has 304 valence electrons. The van der Waals surface area contributed by atoms with E-state index in [4.69, 9.17) is 18.9 Å². The van der Waals surface area contributed by atoms with Crippen molar-refractivity contribution in [2.45, 2.75) is 51.4 Å². The van der Waals surface area contributed by atoms with Gasteiger partial charge in [0.05, 0.1) is 0 Å². The van der Waals surface area contributed by atoms with Gasteiger partial charge in [0.2, 0.25) is 0 Å². The van der Waals surface area contributed by atoms with Crippen LogP contribution in [0.4, 0.5) is 0 Å². The van der Waals surface area contributed by atoms with Gasteiger partial charge in [0, 0.05) is 52.9 Å². The molecule has 6 aromatic carbocycles. The Labute approximate surface area is 388 Å². The molecule has 59 heavy (non-hydrogen) atoms. The molecule has 6 aromatic rings. The molecule has 0 saturated carbocycles. The van der Waals surface area contributed by atoms with E-state index in [2.05, 4.69) is 182 Å². The molecule has 0 amide bonds. The van der Waals surface area contributed by atoms with E-state index in [1.54, 1.807) is 0 Å². The molecular formula is C52H62CaO4Si2. The van der Waals surface area contributed by atoms with Crippen molar-refractivity contribution >= 4 is 86.5 Å². The second-order valence-electron chi connectivity index (χ2n) is 14.2. The molecule has 4 aliphatic heterocycles. The molecule has 4 fully saturated rings. The minimum atomic E-state index is -0.877. The van der Waals surface area contributed by atoms with E-state index in [-0.39, 0.29) is 37.7 Å². The standard InChI is InChI=1S/2C18H15Si.4C4H8O.Ca/c2*1-4-10-16(11-5-1)19(17-12-6-2-7-13-17)18-14-8-3-9-15-18;4*1-2-4-5-3-1;/h2*1-15H;4*1-4H2;/q2*-1;;;;;+2. The summed E-state index contributed by atoms with van der Waals surface area (Å²) in [5.41, 5.74) is 0. The van der Waals surface area contributed by atoms with Crippen LogP contribution in [-0.4, -0.2) is 108 Å². The van der Waals surface area contributed by atoms with Gasteiger partial charge in [-0.25, -0.2) is 17.6 Å². The van der Waals surface area contributed by atoms with Crippen LogP contribution in [0.15, 0.2) is 182 Å². The van der Waals surface area contributed by atoms with Crippen molar-refractivity contribution in [3.05, 3.63) is 182 Å². The van der Waals surface area contributed by atoms with E-state index < -0.39 is 17.6 Å². The molecule has 7 heteroatoms. The van der Waals surface area contributed by atoms with E-state index in [1.807, 2.05) is 0 Å². The number of rotatable bonds is 6. The van der Waals surface area contributed by atoms with Crippen LogP contribution < -0.4 is 31.1 Å². The fourth-order valence-electron chi connectivity index (χ4n) is 6.67. The van der Waals surface area contributed by atoms with Gasteiger partial charge in [0.15, 0.2) is 0 Å². The maximum absolute atomic E-state index is 4.94. The normalized spacial score (nSPS) is 14.6. The summed E-state index contributed by atoms with van der Waals surface area (Å²) in [4.78, 5) is 0. The van der Waals surface area contributed by atoms with Crippen LogP contribution in [0, 0.1) is 0 Å². The first-order chi connectivity index (χ1) is 28.9. The van der Waals surface area contributed by atoms with Crippen LogP contribution >= 0.6 is 0 Å². The Balaban J connectivity index is 0.000000176. The average Bonchev–Trinajstić information content (AvgIpc) is 4.18. The van der Waals surface area contributed by atoms with Gasteiger partial charge >= 0.3 is 37.7 Å². The molecule has 4 heterocycles. The predicted molar refractivity (Wildman–Crippen MR) is 254 cm³/mol. The number of ether oxygens (including phenoxy) is 4. The van der Waals surface area contributed by atoms with Crippen LogP contribution in [0.2, 0.25) is 0 Å². The zero-order valence-corrected chi connectivity index (χ0v) is 39.2. The molecule has 0 spiro atoms. The molecule has 4 aliphatic rings. The van der Waals surface area contributed by atoms with Crippen molar-refractivity contribution in [1.82, 2.24) is 0 Å². The Kier molecular flexibility index (Phi) is 26.1. The van der Waals surface area contributed by atoms with Crippen molar-refractivity contribution in [3.63, 3.8) is 0 Å². The smallest absolute Gasteiger partial charge is 0.381 e. The maximum atomic E-state index is 4.94. The monoisotopic (exact) mass is 846 g/mol. The van der Waals surface area contributed by atoms with Gasteiger partial charge in [-0.15, -0.1) is 0 Å². The Morgan fingerprint density at radius 2 is 0.356 bits per heavy atom. The summed E-state index contributed by atoms with van der Waals surface area (Å²) < 4.78 is 19.8. The summed E-state index contributed by atoms with van der Waals surface area (Å²) in [6.07, 6.45) is 10.2. The van der Waals surface area contributed by atoms with Crippen LogP contribution in [0.25, 0.3) is 0 Å². The van der Waals surface area contributed by atoms with Gasteiger partial charge in [-0.3, -0.25) is 0 Å². The molecule has 0 N–H and O–H groups in total. The van der Waals surface area contributed by atoms with Gasteiger partial charge in [-0.2, -0.15) is 31.1 Å². The fraction of sp³-hybridized carbons (Fsp3) is 0.308. The molecule has 10 rings (SSSR count). The van der Waals surface area contributed by atoms with E-state index in [0.717, 1.165) is 52.9 Å². The third kappa shape index (κ3) is 19.4. The summed E-state index contributed by atoms with van der Waals surface area (Å²) in [5.74, 6) is 0. The van der Waals surface area contributed by atoms with E-state index in [1.165, 1.54) is 82.5 Å². The zero-order chi connectivity index (χ0) is 40.0. The Hall–Kier alpha value is -3.15. The van der Waals surface area contributed by atoms with Crippen LogP contribution in [0.5, 0.6) is 0 Å². The summed E-state index contributed by atoms with van der Waals surface area (Å²) in [5, 5.41) is 8.61. The topological polar surface area (TPSA) is 36.9 Å². The largest absolute Gasteiger partial charge is 2.00 e. The van der Waals surface area contributed by atoms with Crippen LogP contribution in [-0.2, 0) is 18.9 Å². The van der Waals surface area contributed by atoms with Crippen molar-refractivity contribution in [1.29, 1.82) is 0 Å². The van der Waals surface area contributed by atoms with Crippen LogP contribution in [0.1, 0.15) is 51.4 Å². The second kappa shape index (κ2) is 31.7. The first-order valence-corrected chi connectivity index (χ1v) is 24.3. The molecule has 0 radical (unpaired) electrons. The Morgan fingerprint density at radius 1 is 0.220 bits per heavy atom. The zero-order valence-electron chi connectivity index (χ0n) is 35.0. The molecule has 4 saturated heterocycles. The third-order valence-electron chi connectivity index (χ3n) is 9.68.